The Morgan fingerprint density at radius 2 is 1.89 bits per heavy atom. The minimum atomic E-state index is -3.39. The summed E-state index contributed by atoms with van der Waals surface area (Å²) in [4.78, 5) is 16.8. The van der Waals surface area contributed by atoms with E-state index >= 15 is 8.78 Å². The van der Waals surface area contributed by atoms with Gasteiger partial charge in [-0.05, 0) is 12.1 Å². The number of fused-ring (bicyclic) bond motifs is 1. The summed E-state index contributed by atoms with van der Waals surface area (Å²) in [6.07, 6.45) is -1.29. The molecule has 1 fully saturated rings. The van der Waals surface area contributed by atoms with Crippen LogP contribution in [-0.4, -0.2) is 68.9 Å². The van der Waals surface area contributed by atoms with E-state index in [9.17, 15) is 13.2 Å². The van der Waals surface area contributed by atoms with Crippen LogP contribution >= 0.6 is 0 Å². The molecule has 0 spiro atoms. The largest absolute Gasteiger partial charge is 0.482 e. The zero-order valence-corrected chi connectivity index (χ0v) is 19.3. The monoisotopic (exact) mass is 523 g/mol. The van der Waals surface area contributed by atoms with Gasteiger partial charge in [0.15, 0.2) is 11.8 Å². The molecular formula is C22H18F5N7O3. The predicted octanol–water partition coefficient (Wildman–Crippen LogP) is 3.58. The summed E-state index contributed by atoms with van der Waals surface area (Å²) in [6.45, 7) is -1.17. The molecule has 15 heteroatoms. The molecule has 0 aliphatic carbocycles. The molecule has 0 radical (unpaired) electrons. The van der Waals surface area contributed by atoms with Crippen LogP contribution in [0.3, 0.4) is 0 Å². The van der Waals surface area contributed by atoms with Crippen LogP contribution in [0.4, 0.5) is 27.6 Å². The summed E-state index contributed by atoms with van der Waals surface area (Å²) in [7, 11) is 2.72. The Kier molecular flexibility index (Phi) is 6.13. The van der Waals surface area contributed by atoms with Gasteiger partial charge in [-0.15, -0.1) is 0 Å². The molecule has 1 aliphatic rings. The zero-order valence-electron chi connectivity index (χ0n) is 19.3. The molecule has 5 heterocycles. The lowest BCUT2D eigenvalue weighted by molar-refractivity contribution is -0.0595. The Hall–Kier alpha value is -4.30. The Morgan fingerprint density at radius 3 is 2.62 bits per heavy atom. The number of halogens is 5. The number of hydrogen-bond acceptors (Lipinski definition) is 9. The second-order valence-corrected chi connectivity index (χ2v) is 7.98. The maximum atomic E-state index is 15.0. The van der Waals surface area contributed by atoms with Gasteiger partial charge in [-0.1, -0.05) is 0 Å². The lowest BCUT2D eigenvalue weighted by Gasteiger charge is -2.19. The summed E-state index contributed by atoms with van der Waals surface area (Å²) in [5, 5.41) is 4.21. The third kappa shape index (κ3) is 4.51. The fraction of sp³-hybridized carbons (Fsp3) is 0.318. The molecule has 0 saturated carbocycles. The van der Waals surface area contributed by atoms with Crippen LogP contribution < -0.4 is 19.1 Å². The molecule has 0 N–H and O–H groups in total. The second-order valence-electron chi connectivity index (χ2n) is 7.98. The fourth-order valence-electron chi connectivity index (χ4n) is 3.92. The van der Waals surface area contributed by atoms with E-state index in [2.05, 4.69) is 25.0 Å². The van der Waals surface area contributed by atoms with Crippen molar-refractivity contribution in [1.29, 1.82) is 0 Å². The lowest BCUT2D eigenvalue weighted by atomic mass is 10.2. The van der Waals surface area contributed by atoms with Crippen molar-refractivity contribution < 1.29 is 36.2 Å². The van der Waals surface area contributed by atoms with Gasteiger partial charge in [0.2, 0.25) is 11.8 Å². The third-order valence-electron chi connectivity index (χ3n) is 5.64. The van der Waals surface area contributed by atoms with Gasteiger partial charge >= 0.3 is 11.9 Å². The molecule has 1 aliphatic heterocycles. The molecule has 0 bridgehead atoms. The first-order valence-corrected chi connectivity index (χ1v) is 10.7. The third-order valence-corrected chi connectivity index (χ3v) is 5.64. The van der Waals surface area contributed by atoms with E-state index in [0.717, 1.165) is 23.0 Å². The minimum absolute atomic E-state index is 0.0148. The van der Waals surface area contributed by atoms with E-state index in [0.29, 0.717) is 0 Å². The number of pyridine rings is 1. The summed E-state index contributed by atoms with van der Waals surface area (Å²) < 4.78 is 87.0. The highest BCUT2D eigenvalue weighted by atomic mass is 19.3. The van der Waals surface area contributed by atoms with E-state index < -0.39 is 36.6 Å². The summed E-state index contributed by atoms with van der Waals surface area (Å²) >= 11 is 0. The van der Waals surface area contributed by atoms with Crippen LogP contribution in [0.15, 0.2) is 36.8 Å². The first-order valence-electron chi connectivity index (χ1n) is 10.7. The van der Waals surface area contributed by atoms with Gasteiger partial charge in [-0.2, -0.15) is 19.0 Å². The highest BCUT2D eigenvalue weighted by molar-refractivity contribution is 5.76. The van der Waals surface area contributed by atoms with Crippen molar-refractivity contribution in [3.63, 3.8) is 0 Å². The Morgan fingerprint density at radius 1 is 1.08 bits per heavy atom. The molecule has 1 atom stereocenters. The van der Waals surface area contributed by atoms with E-state index in [4.69, 9.17) is 14.2 Å². The molecule has 194 valence electrons. The van der Waals surface area contributed by atoms with Gasteiger partial charge in [-0.3, -0.25) is 4.98 Å². The van der Waals surface area contributed by atoms with Gasteiger partial charge in [-0.25, -0.2) is 27.5 Å². The summed E-state index contributed by atoms with van der Waals surface area (Å²) in [5.74, 6) is -4.34. The standard InChI is InChI=1S/C22H18F5N7O3/c1-35-20-12(7-30-21(31-20)36-2)13-6-15(19-29-8-17(23)34(19)32-13)33-9-16(22(26,27)10-33)37-11-3-4-28-14(5-11)18(24)25/h3-8,16,18H,9-10H2,1-2H3. The Labute approximate surface area is 205 Å². The smallest absolute Gasteiger partial charge is 0.319 e. The number of ether oxygens (including phenoxy) is 3. The second kappa shape index (κ2) is 9.29. The van der Waals surface area contributed by atoms with Crippen LogP contribution in [0.2, 0.25) is 0 Å². The number of rotatable bonds is 7. The summed E-state index contributed by atoms with van der Waals surface area (Å²) in [6, 6.07) is 3.57. The Balaban J connectivity index is 1.53. The van der Waals surface area contributed by atoms with Gasteiger partial charge in [0.1, 0.15) is 17.1 Å². The molecule has 5 rings (SSSR count). The molecule has 37 heavy (non-hydrogen) atoms. The topological polar surface area (TPSA) is 99.8 Å². The number of alkyl halides is 4. The fourth-order valence-corrected chi connectivity index (χ4v) is 3.92. The maximum absolute atomic E-state index is 15.0. The molecular weight excluding hydrogens is 505 g/mol. The minimum Gasteiger partial charge on any atom is -0.482 e. The van der Waals surface area contributed by atoms with Crippen molar-refractivity contribution in [3.8, 4) is 28.9 Å². The highest BCUT2D eigenvalue weighted by Crippen LogP contribution is 2.38. The maximum Gasteiger partial charge on any atom is 0.319 e. The number of nitrogens with zero attached hydrogens (tertiary/aromatic N) is 7. The average Bonchev–Trinajstić information content (AvgIpc) is 3.41. The van der Waals surface area contributed by atoms with Crippen molar-refractivity contribution in [3.05, 3.63) is 48.4 Å². The molecule has 10 nitrogen and oxygen atoms in total. The first kappa shape index (κ1) is 24.4. The number of hydrogen-bond donors (Lipinski definition) is 0. The van der Waals surface area contributed by atoms with Gasteiger partial charge in [0.25, 0.3) is 6.43 Å². The van der Waals surface area contributed by atoms with Crippen LogP contribution in [0.1, 0.15) is 12.1 Å². The van der Waals surface area contributed by atoms with E-state index in [1.165, 1.54) is 37.4 Å². The summed E-state index contributed by atoms with van der Waals surface area (Å²) in [5.41, 5.74) is -0.132. The van der Waals surface area contributed by atoms with Gasteiger partial charge in [0.05, 0.1) is 44.8 Å². The van der Waals surface area contributed by atoms with Gasteiger partial charge in [0, 0.05) is 18.5 Å². The average molecular weight is 523 g/mol. The van der Waals surface area contributed by atoms with Crippen LogP contribution in [0.25, 0.3) is 16.9 Å². The number of aromatic nitrogens is 6. The van der Waals surface area contributed by atoms with Crippen LogP contribution in [-0.2, 0) is 0 Å². The number of imidazole rings is 1. The number of anilines is 1. The molecule has 4 aromatic rings. The lowest BCUT2D eigenvalue weighted by Crippen LogP contribution is -2.36. The molecule has 0 amide bonds. The SMILES string of the molecule is COc1ncc(-c2cc(N3CC(Oc4ccnc(C(F)F)c4)C(F)(F)C3)c3ncc(F)n3n2)c(OC)n1. The Bertz CT molecular complexity index is 1450. The van der Waals surface area contributed by atoms with Gasteiger partial charge < -0.3 is 19.1 Å². The molecule has 0 aromatic carbocycles. The highest BCUT2D eigenvalue weighted by Gasteiger charge is 2.50. The van der Waals surface area contributed by atoms with Crippen molar-refractivity contribution in [1.82, 2.24) is 29.5 Å². The molecule has 1 unspecified atom stereocenters. The van der Waals surface area contributed by atoms with Crippen molar-refractivity contribution in [2.45, 2.75) is 18.5 Å². The number of methoxy groups -OCH3 is 2. The zero-order chi connectivity index (χ0) is 26.3. The van der Waals surface area contributed by atoms with E-state index in [1.54, 1.807) is 0 Å². The van der Waals surface area contributed by atoms with Crippen LogP contribution in [0.5, 0.6) is 17.6 Å². The van der Waals surface area contributed by atoms with E-state index in [1.807, 2.05) is 0 Å². The molecule has 4 aromatic heterocycles. The first-order chi connectivity index (χ1) is 17.7. The van der Waals surface area contributed by atoms with E-state index in [-0.39, 0.29) is 46.8 Å². The van der Waals surface area contributed by atoms with Crippen molar-refractivity contribution >= 4 is 11.3 Å². The van der Waals surface area contributed by atoms with Crippen LogP contribution in [0, 0.1) is 5.95 Å². The normalized spacial score (nSPS) is 17.0. The molecule has 1 saturated heterocycles. The quantitative estimate of drug-likeness (QED) is 0.337. The van der Waals surface area contributed by atoms with Crippen molar-refractivity contribution in [2.24, 2.45) is 0 Å². The van der Waals surface area contributed by atoms with Crippen molar-refractivity contribution in [2.75, 3.05) is 32.2 Å². The predicted molar refractivity (Wildman–Crippen MR) is 118 cm³/mol.